The molecule has 4 rings (SSSR count). The molecule has 34 heavy (non-hydrogen) atoms. The zero-order valence-corrected chi connectivity index (χ0v) is 19.0. The number of halogens is 5. The lowest BCUT2D eigenvalue weighted by molar-refractivity contribution is -0.142. The van der Waals surface area contributed by atoms with Crippen LogP contribution in [-0.2, 0) is 26.0 Å². The Morgan fingerprint density at radius 1 is 1.03 bits per heavy atom. The van der Waals surface area contributed by atoms with Gasteiger partial charge in [0, 0.05) is 23.3 Å². The van der Waals surface area contributed by atoms with Crippen molar-refractivity contribution in [2.45, 2.75) is 45.2 Å². The lowest BCUT2D eigenvalue weighted by Crippen LogP contribution is -2.57. The Morgan fingerprint density at radius 3 is 2.12 bits per heavy atom. The Labute approximate surface area is 194 Å². The van der Waals surface area contributed by atoms with Crippen molar-refractivity contribution in [1.29, 1.82) is 0 Å². The van der Waals surface area contributed by atoms with Crippen LogP contribution in [0.3, 0.4) is 0 Å². The Hall–Kier alpha value is -3.10. The number of carbonyl (C=O) groups excluding carboxylic acids is 3. The molecule has 2 unspecified atom stereocenters. The van der Waals surface area contributed by atoms with Crippen molar-refractivity contribution >= 4 is 18.9 Å². The van der Waals surface area contributed by atoms with E-state index in [2.05, 4.69) is 0 Å². The van der Waals surface area contributed by atoms with Gasteiger partial charge in [-0.3, -0.25) is 4.79 Å². The smallest absolute Gasteiger partial charge is 0.416 e. The van der Waals surface area contributed by atoms with E-state index >= 15 is 0 Å². The van der Waals surface area contributed by atoms with Crippen LogP contribution in [0.5, 0.6) is 5.75 Å². The molecule has 9 heteroatoms. The molecule has 2 aliphatic rings. The van der Waals surface area contributed by atoms with Gasteiger partial charge in [0.2, 0.25) is 0 Å². The van der Waals surface area contributed by atoms with Crippen molar-refractivity contribution in [3.63, 3.8) is 0 Å². The number of ether oxygens (including phenoxy) is 1. The van der Waals surface area contributed by atoms with Crippen LogP contribution in [0, 0.1) is 29.9 Å². The van der Waals surface area contributed by atoms with E-state index in [-0.39, 0.29) is 36.5 Å². The quantitative estimate of drug-likeness (QED) is 0.389. The second-order valence-corrected chi connectivity index (χ2v) is 8.76. The number of aryl methyl sites for hydroxylation is 1. The van der Waals surface area contributed by atoms with Crippen LogP contribution in [0.1, 0.15) is 43.4 Å². The minimum atomic E-state index is -4.21. The number of hydrogen-bond donors (Lipinski definition) is 0. The third kappa shape index (κ3) is 4.88. The molecule has 1 aliphatic carbocycles. The maximum absolute atomic E-state index is 14.3. The van der Waals surface area contributed by atoms with Crippen molar-refractivity contribution in [3.8, 4) is 5.75 Å². The van der Waals surface area contributed by atoms with Gasteiger partial charge < -0.3 is 14.3 Å². The van der Waals surface area contributed by atoms with Gasteiger partial charge in [-0.15, -0.1) is 0 Å². The molecule has 2 aromatic rings. The summed E-state index contributed by atoms with van der Waals surface area (Å²) in [6.07, 6.45) is -3.17. The van der Waals surface area contributed by atoms with Gasteiger partial charge in [0.1, 0.15) is 24.7 Å². The first kappa shape index (κ1) is 27.1. The first-order chi connectivity index (χ1) is 15.8. The lowest BCUT2D eigenvalue weighted by Gasteiger charge is -2.51. The SMILES string of the molecule is C=O.CC1(C)C(=O)CCC2(C=O)c3c(F)ccc(F)c3OCC12.Cc1ccc(C(F)(F)F)cc1. The van der Waals surface area contributed by atoms with E-state index < -0.39 is 40.1 Å². The van der Waals surface area contributed by atoms with Gasteiger partial charge in [0.15, 0.2) is 11.6 Å². The highest BCUT2D eigenvalue weighted by molar-refractivity contribution is 5.89. The van der Waals surface area contributed by atoms with Crippen LogP contribution in [0.25, 0.3) is 0 Å². The van der Waals surface area contributed by atoms with E-state index in [1.54, 1.807) is 20.8 Å². The van der Waals surface area contributed by atoms with E-state index in [0.717, 1.165) is 29.8 Å². The molecule has 0 bridgehead atoms. The van der Waals surface area contributed by atoms with Crippen LogP contribution in [0.2, 0.25) is 0 Å². The summed E-state index contributed by atoms with van der Waals surface area (Å²) in [5, 5.41) is 0. The van der Waals surface area contributed by atoms with E-state index in [0.29, 0.717) is 6.29 Å². The van der Waals surface area contributed by atoms with Crippen molar-refractivity contribution in [1.82, 2.24) is 0 Å². The molecule has 1 fully saturated rings. The zero-order valence-electron chi connectivity index (χ0n) is 19.0. The fourth-order valence-corrected chi connectivity index (χ4v) is 4.53. The molecule has 1 saturated carbocycles. The monoisotopic (exact) mass is 484 g/mol. The van der Waals surface area contributed by atoms with E-state index in [9.17, 15) is 31.5 Å². The molecule has 4 nitrogen and oxygen atoms in total. The molecule has 0 spiro atoms. The molecule has 1 aliphatic heterocycles. The van der Waals surface area contributed by atoms with Crippen LogP contribution in [-0.4, -0.2) is 25.5 Å². The maximum Gasteiger partial charge on any atom is 0.416 e. The van der Waals surface area contributed by atoms with Gasteiger partial charge in [0.25, 0.3) is 0 Å². The predicted molar refractivity (Wildman–Crippen MR) is 114 cm³/mol. The van der Waals surface area contributed by atoms with Crippen molar-refractivity contribution < 1.29 is 41.1 Å². The standard InChI is InChI=1S/C16H16F2O3.C8H7F3.CH2O/c1-15(2)11-7-21-14-10(18)4-3-9(17)13(14)16(11,8-19)6-5-12(15)20;1-6-2-4-7(5-3-6)8(9,10)11;1-2/h3-4,8,11H,5-7H2,1-2H3;2-5H,1H3;1H2. The average Bonchev–Trinajstić information content (AvgIpc) is 2.80. The van der Waals surface area contributed by atoms with Crippen LogP contribution < -0.4 is 4.74 Å². The molecule has 0 amide bonds. The van der Waals surface area contributed by atoms with E-state index in [1.807, 2.05) is 6.79 Å². The highest BCUT2D eigenvalue weighted by atomic mass is 19.4. The largest absolute Gasteiger partial charge is 0.490 e. The first-order valence-electron chi connectivity index (χ1n) is 10.4. The summed E-state index contributed by atoms with van der Waals surface area (Å²) in [6, 6.07) is 7.05. The lowest BCUT2D eigenvalue weighted by atomic mass is 9.53. The van der Waals surface area contributed by atoms with Gasteiger partial charge in [-0.1, -0.05) is 31.5 Å². The minimum absolute atomic E-state index is 0.0221. The van der Waals surface area contributed by atoms with Gasteiger partial charge in [-0.05, 0) is 37.6 Å². The summed E-state index contributed by atoms with van der Waals surface area (Å²) in [4.78, 5) is 32.0. The number of fused-ring (bicyclic) bond motifs is 3. The van der Waals surface area contributed by atoms with Gasteiger partial charge in [-0.2, -0.15) is 13.2 Å². The number of aldehydes is 1. The average molecular weight is 484 g/mol. The van der Waals surface area contributed by atoms with E-state index in [1.165, 1.54) is 12.1 Å². The topological polar surface area (TPSA) is 60.4 Å². The number of Topliss-reactive ketones (excluding diaryl/α,β-unsaturated/α-hetero) is 1. The molecule has 184 valence electrons. The van der Waals surface area contributed by atoms with Gasteiger partial charge in [0.05, 0.1) is 17.6 Å². The van der Waals surface area contributed by atoms with Gasteiger partial charge >= 0.3 is 6.18 Å². The number of alkyl halides is 3. The predicted octanol–water partition coefficient (Wildman–Crippen LogP) is 5.63. The van der Waals surface area contributed by atoms with Crippen LogP contribution >= 0.6 is 0 Å². The third-order valence-electron chi connectivity index (χ3n) is 6.49. The Morgan fingerprint density at radius 2 is 1.59 bits per heavy atom. The molecule has 2 aromatic carbocycles. The normalized spacial score (nSPS) is 22.5. The maximum atomic E-state index is 14.3. The number of ketones is 1. The molecule has 1 heterocycles. The number of carbonyl (C=O) groups is 3. The minimum Gasteiger partial charge on any atom is -0.490 e. The number of benzene rings is 2. The molecular weight excluding hydrogens is 459 g/mol. The summed E-state index contributed by atoms with van der Waals surface area (Å²) in [5.74, 6) is -2.00. The third-order valence-corrected chi connectivity index (χ3v) is 6.49. The van der Waals surface area contributed by atoms with Crippen LogP contribution in [0.15, 0.2) is 36.4 Å². The summed E-state index contributed by atoms with van der Waals surface area (Å²) in [5.41, 5.74) is -1.80. The molecular formula is C25H25F5O4. The Kier molecular flexibility index (Phi) is 8.01. The summed E-state index contributed by atoms with van der Waals surface area (Å²) in [6.45, 7) is 7.26. The fraction of sp³-hybridized carbons (Fsp3) is 0.400. The van der Waals surface area contributed by atoms with E-state index in [4.69, 9.17) is 9.53 Å². The molecule has 0 radical (unpaired) electrons. The molecule has 0 saturated heterocycles. The highest BCUT2D eigenvalue weighted by Gasteiger charge is 2.58. The Balaban J connectivity index is 0.000000266. The van der Waals surface area contributed by atoms with Gasteiger partial charge in [-0.25, -0.2) is 8.78 Å². The van der Waals surface area contributed by atoms with Crippen LogP contribution in [0.4, 0.5) is 22.0 Å². The first-order valence-corrected chi connectivity index (χ1v) is 10.4. The zero-order chi connectivity index (χ0) is 25.9. The van der Waals surface area contributed by atoms with Crippen molar-refractivity contribution in [2.75, 3.05) is 6.61 Å². The Bertz CT molecular complexity index is 1050. The summed E-state index contributed by atoms with van der Waals surface area (Å²) >= 11 is 0. The molecule has 0 aromatic heterocycles. The highest BCUT2D eigenvalue weighted by Crippen LogP contribution is 2.55. The summed E-state index contributed by atoms with van der Waals surface area (Å²) < 4.78 is 69.4. The number of hydrogen-bond acceptors (Lipinski definition) is 4. The summed E-state index contributed by atoms with van der Waals surface area (Å²) in [7, 11) is 0. The molecule has 0 N–H and O–H groups in total. The second-order valence-electron chi connectivity index (χ2n) is 8.76. The van der Waals surface area contributed by atoms with Crippen molar-refractivity contribution in [3.05, 3.63) is 64.7 Å². The second kappa shape index (κ2) is 10.0. The van der Waals surface area contributed by atoms with Crippen molar-refractivity contribution in [2.24, 2.45) is 11.3 Å². The molecule has 2 atom stereocenters. The fourth-order valence-electron chi connectivity index (χ4n) is 4.53. The number of rotatable bonds is 1.